The first-order valence-corrected chi connectivity index (χ1v) is 10.1. The maximum Gasteiger partial charge on any atom is 0.293 e. The Balaban J connectivity index is 1.75. The molecule has 8 heteroatoms. The van der Waals surface area contributed by atoms with Crippen molar-refractivity contribution in [3.8, 4) is 0 Å². The number of carbonyl (C=O) groups is 1. The Hall–Kier alpha value is -2.87. The molecule has 0 radical (unpaired) electrons. The summed E-state index contributed by atoms with van der Waals surface area (Å²) >= 11 is 0. The van der Waals surface area contributed by atoms with Gasteiger partial charge in [-0.15, -0.1) is 0 Å². The SMILES string of the molecule is CCN(CC)C(CNC(=O)c1ccc(N2CCCC2)c([N+](=O)[O-])c1)c1ccco1. The zero-order chi connectivity index (χ0) is 20.8. The summed E-state index contributed by atoms with van der Waals surface area (Å²) < 4.78 is 5.55. The number of hydrogen-bond donors (Lipinski definition) is 1. The van der Waals surface area contributed by atoms with E-state index < -0.39 is 4.92 Å². The van der Waals surface area contributed by atoms with Crippen molar-refractivity contribution in [1.82, 2.24) is 10.2 Å². The third-order valence-electron chi connectivity index (χ3n) is 5.46. The Morgan fingerprint density at radius 1 is 1.28 bits per heavy atom. The Kier molecular flexibility index (Phi) is 6.87. The van der Waals surface area contributed by atoms with Crippen LogP contribution < -0.4 is 10.2 Å². The number of anilines is 1. The maximum atomic E-state index is 12.7. The van der Waals surface area contributed by atoms with Gasteiger partial charge in [0.15, 0.2) is 0 Å². The lowest BCUT2D eigenvalue weighted by molar-refractivity contribution is -0.384. The summed E-state index contributed by atoms with van der Waals surface area (Å²) in [5.74, 6) is 0.453. The molecule has 1 aromatic carbocycles. The second kappa shape index (κ2) is 9.56. The number of likely N-dealkylation sites (N-methyl/N-ethyl adjacent to an activating group) is 1. The van der Waals surface area contributed by atoms with Crippen LogP contribution in [0.5, 0.6) is 0 Å². The van der Waals surface area contributed by atoms with Gasteiger partial charge in [0, 0.05) is 31.3 Å². The molecule has 0 spiro atoms. The molecule has 0 bridgehead atoms. The molecule has 8 nitrogen and oxygen atoms in total. The van der Waals surface area contributed by atoms with Crippen molar-refractivity contribution in [3.63, 3.8) is 0 Å². The van der Waals surface area contributed by atoms with Gasteiger partial charge in [-0.1, -0.05) is 13.8 Å². The van der Waals surface area contributed by atoms with E-state index in [4.69, 9.17) is 4.42 Å². The molecule has 1 aromatic heterocycles. The molecule has 0 aliphatic carbocycles. The third kappa shape index (κ3) is 4.76. The lowest BCUT2D eigenvalue weighted by Gasteiger charge is -2.28. The molecule has 1 atom stereocenters. The maximum absolute atomic E-state index is 12.7. The highest BCUT2D eigenvalue weighted by Crippen LogP contribution is 2.31. The zero-order valence-electron chi connectivity index (χ0n) is 17.0. The molecule has 1 unspecified atom stereocenters. The predicted molar refractivity (Wildman–Crippen MR) is 111 cm³/mol. The first-order chi connectivity index (χ1) is 14.0. The van der Waals surface area contributed by atoms with E-state index in [1.54, 1.807) is 18.4 Å². The second-order valence-corrected chi connectivity index (χ2v) is 7.12. The van der Waals surface area contributed by atoms with Gasteiger partial charge in [0.25, 0.3) is 11.6 Å². The number of nitro groups is 1. The number of furan rings is 1. The minimum Gasteiger partial charge on any atom is -0.468 e. The van der Waals surface area contributed by atoms with E-state index in [-0.39, 0.29) is 23.2 Å². The molecule has 1 aliphatic heterocycles. The number of carbonyl (C=O) groups excluding carboxylic acids is 1. The van der Waals surface area contributed by atoms with Crippen molar-refractivity contribution >= 4 is 17.3 Å². The van der Waals surface area contributed by atoms with Gasteiger partial charge in [0.2, 0.25) is 0 Å². The summed E-state index contributed by atoms with van der Waals surface area (Å²) in [6.07, 6.45) is 3.67. The number of amides is 1. The van der Waals surface area contributed by atoms with Crippen molar-refractivity contribution in [3.05, 3.63) is 58.0 Å². The van der Waals surface area contributed by atoms with Crippen LogP contribution in [0.15, 0.2) is 41.0 Å². The van der Waals surface area contributed by atoms with Crippen molar-refractivity contribution in [1.29, 1.82) is 0 Å². The molecule has 1 fully saturated rings. The average Bonchev–Trinajstić information content (AvgIpc) is 3.44. The summed E-state index contributed by atoms with van der Waals surface area (Å²) in [7, 11) is 0. The van der Waals surface area contributed by atoms with E-state index in [1.165, 1.54) is 6.07 Å². The first kappa shape index (κ1) is 20.9. The summed E-state index contributed by atoms with van der Waals surface area (Å²) in [4.78, 5) is 28.1. The van der Waals surface area contributed by atoms with Crippen LogP contribution in [-0.2, 0) is 0 Å². The summed E-state index contributed by atoms with van der Waals surface area (Å²) in [6.45, 7) is 7.71. The first-order valence-electron chi connectivity index (χ1n) is 10.1. The Bertz CT molecular complexity index is 827. The molecule has 1 N–H and O–H groups in total. The number of nitrogens with one attached hydrogen (secondary N) is 1. The van der Waals surface area contributed by atoms with Crippen molar-refractivity contribution < 1.29 is 14.1 Å². The van der Waals surface area contributed by atoms with Gasteiger partial charge in [-0.3, -0.25) is 19.8 Å². The lowest BCUT2D eigenvalue weighted by Crippen LogP contribution is -2.38. The topological polar surface area (TPSA) is 91.9 Å². The number of rotatable bonds is 9. The van der Waals surface area contributed by atoms with Crippen molar-refractivity contribution in [2.75, 3.05) is 37.6 Å². The van der Waals surface area contributed by atoms with E-state index in [2.05, 4.69) is 24.1 Å². The normalized spacial score (nSPS) is 14.9. The highest BCUT2D eigenvalue weighted by atomic mass is 16.6. The summed E-state index contributed by atoms with van der Waals surface area (Å²) in [5.41, 5.74) is 0.851. The van der Waals surface area contributed by atoms with E-state index >= 15 is 0 Å². The fraction of sp³-hybridized carbons (Fsp3) is 0.476. The highest BCUT2D eigenvalue weighted by Gasteiger charge is 2.25. The lowest BCUT2D eigenvalue weighted by atomic mass is 10.1. The number of nitrogens with zero attached hydrogens (tertiary/aromatic N) is 3. The van der Waals surface area contributed by atoms with E-state index in [1.807, 2.05) is 17.0 Å². The fourth-order valence-corrected chi connectivity index (χ4v) is 3.88. The molecular formula is C21H28N4O4. The molecule has 1 aliphatic rings. The molecule has 29 heavy (non-hydrogen) atoms. The molecule has 1 saturated heterocycles. The molecule has 156 valence electrons. The van der Waals surface area contributed by atoms with Crippen LogP contribution in [-0.4, -0.2) is 48.5 Å². The van der Waals surface area contributed by atoms with Crippen molar-refractivity contribution in [2.45, 2.75) is 32.7 Å². The van der Waals surface area contributed by atoms with Crippen LogP contribution in [0.1, 0.15) is 48.8 Å². The monoisotopic (exact) mass is 400 g/mol. The van der Waals surface area contributed by atoms with Gasteiger partial charge in [0.05, 0.1) is 17.2 Å². The Morgan fingerprint density at radius 3 is 2.59 bits per heavy atom. The second-order valence-electron chi connectivity index (χ2n) is 7.12. The molecule has 0 saturated carbocycles. The van der Waals surface area contributed by atoms with Gasteiger partial charge >= 0.3 is 0 Å². The molecular weight excluding hydrogens is 372 g/mol. The van der Waals surface area contributed by atoms with Gasteiger partial charge in [0.1, 0.15) is 11.4 Å². The standard InChI is InChI=1S/C21H28N4O4/c1-3-23(4-2)19(20-8-7-13-29-20)15-22-21(26)16-9-10-17(18(14-16)25(27)28)24-11-5-6-12-24/h7-10,13-14,19H,3-6,11-12,15H2,1-2H3,(H,22,26). The minimum atomic E-state index is -0.411. The predicted octanol–water partition coefficient (Wildman–Crippen LogP) is 3.60. The average molecular weight is 400 g/mol. The Morgan fingerprint density at radius 2 is 2.00 bits per heavy atom. The van der Waals surface area contributed by atoms with Crippen LogP contribution in [0.4, 0.5) is 11.4 Å². The highest BCUT2D eigenvalue weighted by molar-refractivity contribution is 5.95. The van der Waals surface area contributed by atoms with Gasteiger partial charge in [-0.25, -0.2) is 0 Å². The van der Waals surface area contributed by atoms with Gasteiger partial charge in [-0.05, 0) is 50.2 Å². The molecule has 3 rings (SSSR count). The summed E-state index contributed by atoms with van der Waals surface area (Å²) in [5, 5.41) is 14.5. The van der Waals surface area contributed by atoms with E-state index in [9.17, 15) is 14.9 Å². The number of benzene rings is 1. The Labute approximate surface area is 170 Å². The van der Waals surface area contributed by atoms with Crippen LogP contribution in [0.3, 0.4) is 0 Å². The van der Waals surface area contributed by atoms with Crippen LogP contribution in [0, 0.1) is 10.1 Å². The molecule has 1 amide bonds. The van der Waals surface area contributed by atoms with E-state index in [0.717, 1.165) is 44.8 Å². The number of hydrogen-bond acceptors (Lipinski definition) is 6. The van der Waals surface area contributed by atoms with E-state index in [0.29, 0.717) is 12.2 Å². The quantitative estimate of drug-likeness (QED) is 0.511. The molecule has 2 heterocycles. The fourth-order valence-electron chi connectivity index (χ4n) is 3.88. The zero-order valence-corrected chi connectivity index (χ0v) is 17.0. The van der Waals surface area contributed by atoms with Crippen LogP contribution in [0.25, 0.3) is 0 Å². The van der Waals surface area contributed by atoms with Crippen LogP contribution in [0.2, 0.25) is 0 Å². The number of nitro benzene ring substituents is 1. The smallest absolute Gasteiger partial charge is 0.293 e. The summed E-state index contributed by atoms with van der Waals surface area (Å²) in [6, 6.07) is 8.35. The minimum absolute atomic E-state index is 0.0223. The van der Waals surface area contributed by atoms with Crippen molar-refractivity contribution in [2.24, 2.45) is 0 Å². The third-order valence-corrected chi connectivity index (χ3v) is 5.46. The largest absolute Gasteiger partial charge is 0.468 e. The van der Waals surface area contributed by atoms with Gasteiger partial charge in [-0.2, -0.15) is 0 Å². The van der Waals surface area contributed by atoms with Crippen LogP contribution >= 0.6 is 0 Å². The molecule has 2 aromatic rings. The van der Waals surface area contributed by atoms with Gasteiger partial charge < -0.3 is 14.6 Å².